The van der Waals surface area contributed by atoms with E-state index in [0.717, 1.165) is 38.3 Å². The number of rotatable bonds is 6. The maximum atomic E-state index is 14.0. The number of para-hydroxylation sites is 1. The molecule has 30 heavy (non-hydrogen) atoms. The summed E-state index contributed by atoms with van der Waals surface area (Å²) in [6.45, 7) is 5.96. The molecule has 2 heterocycles. The summed E-state index contributed by atoms with van der Waals surface area (Å²) in [5, 5.41) is 3.18. The van der Waals surface area contributed by atoms with E-state index in [1.807, 2.05) is 42.5 Å². The Hall–Kier alpha value is -2.44. The highest BCUT2D eigenvalue weighted by Gasteiger charge is 2.41. The second kappa shape index (κ2) is 9.58. The molecule has 0 atom stereocenters. The van der Waals surface area contributed by atoms with E-state index in [1.165, 1.54) is 6.07 Å². The summed E-state index contributed by atoms with van der Waals surface area (Å²) in [6, 6.07) is 17.0. The van der Waals surface area contributed by atoms with E-state index in [0.29, 0.717) is 38.3 Å². The van der Waals surface area contributed by atoms with Crippen LogP contribution in [0.15, 0.2) is 54.6 Å². The maximum absolute atomic E-state index is 14.0. The standard InChI is InChI=1S/C24H30FN3O2/c25-21-8-4-5-9-22(21)28-16-14-27(15-17-28)13-12-26-23(29)24(10-18-30-19-11-24)20-6-2-1-3-7-20/h1-9H,10-19H2,(H,26,29). The van der Waals surface area contributed by atoms with Crippen LogP contribution in [-0.4, -0.2) is 63.3 Å². The van der Waals surface area contributed by atoms with Gasteiger partial charge in [0.15, 0.2) is 0 Å². The van der Waals surface area contributed by atoms with Gasteiger partial charge < -0.3 is 15.0 Å². The van der Waals surface area contributed by atoms with Crippen LogP contribution in [0.2, 0.25) is 0 Å². The van der Waals surface area contributed by atoms with Crippen molar-refractivity contribution in [2.24, 2.45) is 0 Å². The van der Waals surface area contributed by atoms with Crippen molar-refractivity contribution < 1.29 is 13.9 Å². The SMILES string of the molecule is O=C(NCCN1CCN(c2ccccc2F)CC1)C1(c2ccccc2)CCOCC1. The molecule has 0 aromatic heterocycles. The van der Waals surface area contributed by atoms with Crippen molar-refractivity contribution >= 4 is 11.6 Å². The van der Waals surface area contributed by atoms with E-state index in [-0.39, 0.29) is 11.7 Å². The Balaban J connectivity index is 1.29. The molecule has 0 bridgehead atoms. The van der Waals surface area contributed by atoms with Gasteiger partial charge in [0.1, 0.15) is 5.82 Å². The van der Waals surface area contributed by atoms with Crippen LogP contribution >= 0.6 is 0 Å². The third-order valence-corrected chi connectivity index (χ3v) is 6.39. The number of hydrogen-bond acceptors (Lipinski definition) is 4. The Bertz CT molecular complexity index is 831. The maximum Gasteiger partial charge on any atom is 0.230 e. The zero-order valence-electron chi connectivity index (χ0n) is 17.4. The van der Waals surface area contributed by atoms with Gasteiger partial charge in [0.25, 0.3) is 0 Å². The Morgan fingerprint density at radius 1 is 0.967 bits per heavy atom. The molecule has 1 N–H and O–H groups in total. The average Bonchev–Trinajstić information content (AvgIpc) is 2.81. The van der Waals surface area contributed by atoms with E-state index >= 15 is 0 Å². The third-order valence-electron chi connectivity index (χ3n) is 6.39. The van der Waals surface area contributed by atoms with E-state index in [2.05, 4.69) is 15.1 Å². The van der Waals surface area contributed by atoms with Gasteiger partial charge in [-0.25, -0.2) is 4.39 Å². The van der Waals surface area contributed by atoms with Gasteiger partial charge in [-0.15, -0.1) is 0 Å². The van der Waals surface area contributed by atoms with Gasteiger partial charge in [0.05, 0.1) is 11.1 Å². The van der Waals surface area contributed by atoms with Crippen LogP contribution in [0.3, 0.4) is 0 Å². The minimum Gasteiger partial charge on any atom is -0.381 e. The summed E-state index contributed by atoms with van der Waals surface area (Å²) in [7, 11) is 0. The predicted molar refractivity (Wildman–Crippen MR) is 116 cm³/mol. The molecular formula is C24H30FN3O2. The van der Waals surface area contributed by atoms with Crippen molar-refractivity contribution in [2.75, 3.05) is 57.4 Å². The molecule has 1 amide bonds. The molecule has 2 aromatic rings. The Morgan fingerprint density at radius 3 is 2.33 bits per heavy atom. The number of nitrogens with one attached hydrogen (secondary N) is 1. The molecule has 2 fully saturated rings. The van der Waals surface area contributed by atoms with Gasteiger partial charge in [-0.2, -0.15) is 0 Å². The summed E-state index contributed by atoms with van der Waals surface area (Å²) in [6.07, 6.45) is 1.42. The van der Waals surface area contributed by atoms with Crippen LogP contribution in [0.5, 0.6) is 0 Å². The second-order valence-corrected chi connectivity index (χ2v) is 8.10. The highest BCUT2D eigenvalue weighted by atomic mass is 19.1. The average molecular weight is 412 g/mol. The first-order valence-corrected chi connectivity index (χ1v) is 10.8. The number of carbonyl (C=O) groups is 1. The molecule has 5 nitrogen and oxygen atoms in total. The number of halogens is 1. The lowest BCUT2D eigenvalue weighted by molar-refractivity contribution is -0.130. The highest BCUT2D eigenvalue weighted by molar-refractivity contribution is 5.88. The summed E-state index contributed by atoms with van der Waals surface area (Å²) in [5.41, 5.74) is 1.25. The predicted octanol–water partition coefficient (Wildman–Crippen LogP) is 2.81. The van der Waals surface area contributed by atoms with E-state index < -0.39 is 5.41 Å². The molecule has 0 spiro atoms. The van der Waals surface area contributed by atoms with Crippen LogP contribution in [0, 0.1) is 5.82 Å². The van der Waals surface area contributed by atoms with Crippen molar-refractivity contribution in [3.05, 3.63) is 66.0 Å². The van der Waals surface area contributed by atoms with E-state index in [1.54, 1.807) is 6.07 Å². The second-order valence-electron chi connectivity index (χ2n) is 8.10. The topological polar surface area (TPSA) is 44.8 Å². The molecule has 4 rings (SSSR count). The number of ether oxygens (including phenoxy) is 1. The minimum atomic E-state index is -0.497. The molecule has 2 aliphatic heterocycles. The molecule has 2 saturated heterocycles. The highest BCUT2D eigenvalue weighted by Crippen LogP contribution is 2.35. The van der Waals surface area contributed by atoms with Crippen molar-refractivity contribution in [3.63, 3.8) is 0 Å². The first-order chi connectivity index (χ1) is 14.7. The lowest BCUT2D eigenvalue weighted by Crippen LogP contribution is -2.51. The number of nitrogens with zero attached hydrogens (tertiary/aromatic N) is 2. The smallest absolute Gasteiger partial charge is 0.230 e. The molecule has 2 aliphatic rings. The number of amides is 1. The molecule has 0 unspecified atom stereocenters. The molecule has 2 aromatic carbocycles. The van der Waals surface area contributed by atoms with Gasteiger partial charge in [0.2, 0.25) is 5.91 Å². The van der Waals surface area contributed by atoms with Crippen LogP contribution < -0.4 is 10.2 Å². The van der Waals surface area contributed by atoms with E-state index in [9.17, 15) is 9.18 Å². The number of carbonyl (C=O) groups excluding carboxylic acids is 1. The zero-order valence-corrected chi connectivity index (χ0v) is 17.4. The number of hydrogen-bond donors (Lipinski definition) is 1. The van der Waals surface area contributed by atoms with Gasteiger partial charge in [-0.05, 0) is 30.5 Å². The van der Waals surface area contributed by atoms with Crippen LogP contribution in [0.1, 0.15) is 18.4 Å². The van der Waals surface area contributed by atoms with Crippen LogP contribution in [0.4, 0.5) is 10.1 Å². The monoisotopic (exact) mass is 411 g/mol. The lowest BCUT2D eigenvalue weighted by atomic mass is 9.73. The van der Waals surface area contributed by atoms with Crippen molar-refractivity contribution in [1.82, 2.24) is 10.2 Å². The minimum absolute atomic E-state index is 0.0991. The number of benzene rings is 2. The van der Waals surface area contributed by atoms with Crippen molar-refractivity contribution in [1.29, 1.82) is 0 Å². The van der Waals surface area contributed by atoms with Crippen LogP contribution in [-0.2, 0) is 14.9 Å². The normalized spacial score (nSPS) is 19.4. The summed E-state index contributed by atoms with van der Waals surface area (Å²) < 4.78 is 19.5. The molecule has 6 heteroatoms. The van der Waals surface area contributed by atoms with E-state index in [4.69, 9.17) is 4.74 Å². The van der Waals surface area contributed by atoms with Gasteiger partial charge in [-0.1, -0.05) is 42.5 Å². The van der Waals surface area contributed by atoms with Gasteiger partial charge in [-0.3, -0.25) is 9.69 Å². The third kappa shape index (κ3) is 4.50. The molecular weight excluding hydrogens is 381 g/mol. The molecule has 160 valence electrons. The number of piperazine rings is 1. The van der Waals surface area contributed by atoms with Crippen LogP contribution in [0.25, 0.3) is 0 Å². The van der Waals surface area contributed by atoms with Gasteiger partial charge >= 0.3 is 0 Å². The Kier molecular flexibility index (Phi) is 6.65. The first-order valence-electron chi connectivity index (χ1n) is 10.8. The fourth-order valence-corrected chi connectivity index (χ4v) is 4.54. The number of anilines is 1. The largest absolute Gasteiger partial charge is 0.381 e. The summed E-state index contributed by atoms with van der Waals surface area (Å²) >= 11 is 0. The van der Waals surface area contributed by atoms with Gasteiger partial charge in [0, 0.05) is 52.5 Å². The quantitative estimate of drug-likeness (QED) is 0.794. The zero-order chi connectivity index (χ0) is 20.8. The van der Waals surface area contributed by atoms with Crippen molar-refractivity contribution in [2.45, 2.75) is 18.3 Å². The lowest BCUT2D eigenvalue weighted by Gasteiger charge is -2.38. The molecule has 0 saturated carbocycles. The summed E-state index contributed by atoms with van der Waals surface area (Å²) in [4.78, 5) is 17.6. The molecule has 0 radical (unpaired) electrons. The Morgan fingerprint density at radius 2 is 1.63 bits per heavy atom. The molecule has 0 aliphatic carbocycles. The van der Waals surface area contributed by atoms with Crippen molar-refractivity contribution in [3.8, 4) is 0 Å². The first kappa shape index (κ1) is 20.8. The Labute approximate surface area is 177 Å². The summed E-state index contributed by atoms with van der Waals surface area (Å²) in [5.74, 6) is -0.0668. The fourth-order valence-electron chi connectivity index (χ4n) is 4.54. The fraction of sp³-hybridized carbons (Fsp3) is 0.458.